The lowest BCUT2D eigenvalue weighted by atomic mass is 9.81. The summed E-state index contributed by atoms with van der Waals surface area (Å²) in [4.78, 5) is 11.9. The van der Waals surface area contributed by atoms with Gasteiger partial charge in [0, 0.05) is 17.7 Å². The molecule has 2 unspecified atom stereocenters. The van der Waals surface area contributed by atoms with Crippen molar-refractivity contribution in [2.24, 2.45) is 5.92 Å². The molecule has 0 bridgehead atoms. The first-order chi connectivity index (χ1) is 8.86. The molecule has 1 aliphatic rings. The van der Waals surface area contributed by atoms with Crippen molar-refractivity contribution in [2.45, 2.75) is 12.3 Å². The van der Waals surface area contributed by atoms with Gasteiger partial charge in [-0.2, -0.15) is 0 Å². The number of benzene rings is 1. The van der Waals surface area contributed by atoms with Crippen LogP contribution >= 0.6 is 0 Å². The van der Waals surface area contributed by atoms with E-state index in [2.05, 4.69) is 27.6 Å². The van der Waals surface area contributed by atoms with Crippen LogP contribution in [-0.4, -0.2) is 23.3 Å². The van der Waals surface area contributed by atoms with E-state index in [9.17, 15) is 4.79 Å². The third kappa shape index (κ3) is 1.99. The van der Waals surface area contributed by atoms with E-state index in [-0.39, 0.29) is 11.5 Å². The topological polar surface area (TPSA) is 60.7 Å². The standard InChI is InChI=1S/C14H17N3O/c18-14-12(9-16-17-14)13(11-6-7-15-8-11)10-4-2-1-3-5-10/h1-5,9,11,13,15H,6-8H2,(H2,16,17,18). The molecule has 0 amide bonds. The molecule has 0 saturated carbocycles. The molecule has 1 saturated heterocycles. The monoisotopic (exact) mass is 243 g/mol. The Bertz CT molecular complexity index is 552. The van der Waals surface area contributed by atoms with Crippen molar-refractivity contribution >= 4 is 0 Å². The molecular weight excluding hydrogens is 226 g/mol. The lowest BCUT2D eigenvalue weighted by Gasteiger charge is -2.21. The predicted molar refractivity (Wildman–Crippen MR) is 70.7 cm³/mol. The first-order valence-electron chi connectivity index (χ1n) is 6.38. The van der Waals surface area contributed by atoms with Gasteiger partial charge in [-0.15, -0.1) is 0 Å². The number of hydrogen-bond donors (Lipinski definition) is 3. The lowest BCUT2D eigenvalue weighted by molar-refractivity contribution is 0.510. The minimum atomic E-state index is -0.00393. The number of nitrogens with one attached hydrogen (secondary N) is 3. The van der Waals surface area contributed by atoms with E-state index in [1.165, 1.54) is 5.56 Å². The first-order valence-corrected chi connectivity index (χ1v) is 6.38. The Morgan fingerprint density at radius 3 is 2.67 bits per heavy atom. The van der Waals surface area contributed by atoms with Crippen molar-refractivity contribution in [1.82, 2.24) is 15.5 Å². The van der Waals surface area contributed by atoms with Gasteiger partial charge >= 0.3 is 0 Å². The second-order valence-electron chi connectivity index (χ2n) is 4.84. The molecule has 2 heterocycles. The number of hydrogen-bond acceptors (Lipinski definition) is 2. The zero-order chi connectivity index (χ0) is 12.4. The molecule has 0 aliphatic carbocycles. The second-order valence-corrected chi connectivity index (χ2v) is 4.84. The molecule has 0 radical (unpaired) electrons. The predicted octanol–water partition coefficient (Wildman–Crippen LogP) is 1.44. The largest absolute Gasteiger partial charge is 0.316 e. The zero-order valence-electron chi connectivity index (χ0n) is 10.1. The molecule has 4 heteroatoms. The van der Waals surface area contributed by atoms with Crippen molar-refractivity contribution < 1.29 is 0 Å². The maximum absolute atomic E-state index is 11.9. The van der Waals surface area contributed by atoms with E-state index in [4.69, 9.17) is 0 Å². The highest BCUT2D eigenvalue weighted by Crippen LogP contribution is 2.33. The van der Waals surface area contributed by atoms with Gasteiger partial charge in [-0.05, 0) is 31.0 Å². The van der Waals surface area contributed by atoms with E-state index >= 15 is 0 Å². The molecule has 0 spiro atoms. The van der Waals surface area contributed by atoms with Crippen molar-refractivity contribution in [2.75, 3.05) is 13.1 Å². The maximum atomic E-state index is 11.9. The smallest absolute Gasteiger partial charge is 0.267 e. The average molecular weight is 243 g/mol. The molecule has 2 atom stereocenters. The summed E-state index contributed by atoms with van der Waals surface area (Å²) in [7, 11) is 0. The minimum Gasteiger partial charge on any atom is -0.316 e. The van der Waals surface area contributed by atoms with Gasteiger partial charge in [-0.25, -0.2) is 0 Å². The van der Waals surface area contributed by atoms with E-state index in [1.54, 1.807) is 6.20 Å². The van der Waals surface area contributed by atoms with Crippen LogP contribution in [0, 0.1) is 5.92 Å². The number of aromatic amines is 2. The Hall–Kier alpha value is -1.81. The van der Waals surface area contributed by atoms with E-state index in [0.29, 0.717) is 5.92 Å². The fraction of sp³-hybridized carbons (Fsp3) is 0.357. The first kappa shape index (κ1) is 11.3. The highest BCUT2D eigenvalue weighted by atomic mass is 16.1. The van der Waals surface area contributed by atoms with Gasteiger partial charge < -0.3 is 10.4 Å². The summed E-state index contributed by atoms with van der Waals surface area (Å²) < 4.78 is 0. The Morgan fingerprint density at radius 2 is 2.06 bits per heavy atom. The van der Waals surface area contributed by atoms with Crippen LogP contribution in [0.4, 0.5) is 0 Å². The molecule has 1 aromatic heterocycles. The second kappa shape index (κ2) is 4.82. The van der Waals surface area contributed by atoms with Crippen LogP contribution in [0.5, 0.6) is 0 Å². The van der Waals surface area contributed by atoms with Crippen molar-refractivity contribution in [3.8, 4) is 0 Å². The molecule has 2 aromatic rings. The van der Waals surface area contributed by atoms with Gasteiger partial charge in [-0.3, -0.25) is 9.89 Å². The van der Waals surface area contributed by atoms with Gasteiger partial charge in [0.2, 0.25) is 0 Å². The van der Waals surface area contributed by atoms with Crippen LogP contribution < -0.4 is 10.9 Å². The summed E-state index contributed by atoms with van der Waals surface area (Å²) in [5.74, 6) is 0.667. The maximum Gasteiger partial charge on any atom is 0.267 e. The molecule has 4 nitrogen and oxygen atoms in total. The molecule has 94 valence electrons. The van der Waals surface area contributed by atoms with Crippen LogP contribution in [0.1, 0.15) is 23.5 Å². The summed E-state index contributed by atoms with van der Waals surface area (Å²) in [6.07, 6.45) is 2.92. The Kier molecular flexibility index (Phi) is 3.02. The third-order valence-corrected chi connectivity index (χ3v) is 3.74. The highest BCUT2D eigenvalue weighted by molar-refractivity contribution is 5.31. The fourth-order valence-electron chi connectivity index (χ4n) is 2.88. The van der Waals surface area contributed by atoms with Gasteiger partial charge in [0.15, 0.2) is 0 Å². The fourth-order valence-corrected chi connectivity index (χ4v) is 2.88. The molecule has 1 aliphatic heterocycles. The molecule has 3 N–H and O–H groups in total. The SMILES string of the molecule is O=c1[nH][nH]cc1C(c1ccccc1)C1CCNC1. The molecule has 1 fully saturated rings. The number of aromatic nitrogens is 2. The summed E-state index contributed by atoms with van der Waals surface area (Å²) in [6.45, 7) is 2.01. The quantitative estimate of drug-likeness (QED) is 0.764. The van der Waals surface area contributed by atoms with Gasteiger partial charge in [-0.1, -0.05) is 30.3 Å². The van der Waals surface area contributed by atoms with Crippen LogP contribution in [-0.2, 0) is 0 Å². The summed E-state index contributed by atoms with van der Waals surface area (Å²) in [6, 6.07) is 10.3. The summed E-state index contributed by atoms with van der Waals surface area (Å²) in [5, 5.41) is 8.84. The van der Waals surface area contributed by atoms with Crippen molar-refractivity contribution in [3.63, 3.8) is 0 Å². The van der Waals surface area contributed by atoms with Crippen LogP contribution in [0.15, 0.2) is 41.3 Å². The average Bonchev–Trinajstić information content (AvgIpc) is 3.05. The Morgan fingerprint density at radius 1 is 1.22 bits per heavy atom. The van der Waals surface area contributed by atoms with E-state index < -0.39 is 0 Å². The van der Waals surface area contributed by atoms with Gasteiger partial charge in [0.25, 0.3) is 5.56 Å². The normalized spacial score (nSPS) is 21.0. The van der Waals surface area contributed by atoms with E-state index in [1.807, 2.05) is 18.2 Å². The lowest BCUT2D eigenvalue weighted by Crippen LogP contribution is -2.22. The summed E-state index contributed by atoms with van der Waals surface area (Å²) in [5.41, 5.74) is 2.06. The third-order valence-electron chi connectivity index (χ3n) is 3.74. The Labute approximate surface area is 105 Å². The molecule has 3 rings (SSSR count). The van der Waals surface area contributed by atoms with Crippen LogP contribution in [0.3, 0.4) is 0 Å². The zero-order valence-corrected chi connectivity index (χ0v) is 10.1. The van der Waals surface area contributed by atoms with Gasteiger partial charge in [0.1, 0.15) is 0 Å². The van der Waals surface area contributed by atoms with Crippen LogP contribution in [0.2, 0.25) is 0 Å². The number of H-pyrrole nitrogens is 2. The molecule has 18 heavy (non-hydrogen) atoms. The van der Waals surface area contributed by atoms with Crippen molar-refractivity contribution in [3.05, 3.63) is 58.0 Å². The Balaban J connectivity index is 2.04. The van der Waals surface area contributed by atoms with Gasteiger partial charge in [0.05, 0.1) is 0 Å². The summed E-state index contributed by atoms with van der Waals surface area (Å²) >= 11 is 0. The van der Waals surface area contributed by atoms with Crippen LogP contribution in [0.25, 0.3) is 0 Å². The molecular formula is C14H17N3O. The van der Waals surface area contributed by atoms with E-state index in [0.717, 1.165) is 25.1 Å². The number of rotatable bonds is 3. The minimum absolute atomic E-state index is 0.00393. The molecule has 1 aromatic carbocycles. The van der Waals surface area contributed by atoms with Crippen molar-refractivity contribution in [1.29, 1.82) is 0 Å². The highest BCUT2D eigenvalue weighted by Gasteiger charge is 2.29.